The third-order valence-corrected chi connectivity index (χ3v) is 3.11. The fourth-order valence-electron chi connectivity index (χ4n) is 1.75. The van der Waals surface area contributed by atoms with Crippen molar-refractivity contribution in [3.63, 3.8) is 0 Å². The highest BCUT2D eigenvalue weighted by Crippen LogP contribution is 2.32. The number of nitriles is 1. The van der Waals surface area contributed by atoms with Crippen LogP contribution in [0.4, 0.5) is 4.39 Å². The quantitative estimate of drug-likeness (QED) is 0.909. The van der Waals surface area contributed by atoms with Crippen LogP contribution in [0, 0.1) is 17.1 Å². The van der Waals surface area contributed by atoms with Gasteiger partial charge in [0.15, 0.2) is 0 Å². The van der Waals surface area contributed by atoms with E-state index in [0.29, 0.717) is 21.3 Å². The molecule has 0 amide bonds. The Balaban J connectivity index is 2.43. The molecule has 2 aromatic rings. The molecule has 2 aromatic carbocycles. The summed E-state index contributed by atoms with van der Waals surface area (Å²) in [6, 6.07) is 10.9. The molecular weight excluding hydrogens is 325 g/mol. The maximum absolute atomic E-state index is 13.3. The Morgan fingerprint density at radius 2 is 2.05 bits per heavy atom. The first-order valence-corrected chi connectivity index (χ1v) is 6.65. The smallest absolute Gasteiger partial charge is 0.134 e. The molecule has 0 aliphatic carbocycles. The molecule has 0 aliphatic heterocycles. The van der Waals surface area contributed by atoms with Crippen molar-refractivity contribution in [2.24, 2.45) is 0 Å². The lowest BCUT2D eigenvalue weighted by Gasteiger charge is -2.13. The molecule has 102 valence electrons. The number of aliphatic hydroxyl groups is 1. The summed E-state index contributed by atoms with van der Waals surface area (Å²) in [4.78, 5) is 0. The highest BCUT2D eigenvalue weighted by Gasteiger charge is 2.12. The standard InChI is InChI=1S/C15H11BrFNO2/c1-9(19)14-3-2-10(8-18)4-15(14)20-13-6-11(16)5-12(17)7-13/h2-7,9,19H,1H3/t9-/m1/s1. The van der Waals surface area contributed by atoms with Gasteiger partial charge in [-0.05, 0) is 31.2 Å². The van der Waals surface area contributed by atoms with Gasteiger partial charge in [-0.2, -0.15) is 5.26 Å². The van der Waals surface area contributed by atoms with Crippen molar-refractivity contribution in [2.45, 2.75) is 13.0 Å². The lowest BCUT2D eigenvalue weighted by atomic mass is 10.1. The molecule has 0 aromatic heterocycles. The van der Waals surface area contributed by atoms with Crippen LogP contribution in [0.5, 0.6) is 11.5 Å². The molecule has 0 spiro atoms. The maximum atomic E-state index is 13.3. The second-order valence-corrected chi connectivity index (χ2v) is 5.16. The average Bonchev–Trinajstić information content (AvgIpc) is 2.37. The van der Waals surface area contributed by atoms with Crippen molar-refractivity contribution in [2.75, 3.05) is 0 Å². The van der Waals surface area contributed by atoms with Crippen LogP contribution in [0.25, 0.3) is 0 Å². The zero-order chi connectivity index (χ0) is 14.7. The number of nitrogens with zero attached hydrogens (tertiary/aromatic N) is 1. The second-order valence-electron chi connectivity index (χ2n) is 4.25. The van der Waals surface area contributed by atoms with Crippen LogP contribution in [0.15, 0.2) is 40.9 Å². The lowest BCUT2D eigenvalue weighted by Crippen LogP contribution is -1.97. The molecule has 5 heteroatoms. The zero-order valence-electron chi connectivity index (χ0n) is 10.6. The number of halogens is 2. The summed E-state index contributed by atoms with van der Waals surface area (Å²) in [5.74, 6) is 0.176. The topological polar surface area (TPSA) is 53.2 Å². The molecule has 0 fully saturated rings. The minimum Gasteiger partial charge on any atom is -0.457 e. The van der Waals surface area contributed by atoms with Crippen LogP contribution in [0.1, 0.15) is 24.2 Å². The number of ether oxygens (including phenoxy) is 1. The van der Waals surface area contributed by atoms with Gasteiger partial charge in [-0.25, -0.2) is 4.39 Å². The van der Waals surface area contributed by atoms with E-state index in [0.717, 1.165) is 0 Å². The maximum Gasteiger partial charge on any atom is 0.134 e. The van der Waals surface area contributed by atoms with Crippen LogP contribution in [-0.2, 0) is 0 Å². The molecule has 20 heavy (non-hydrogen) atoms. The van der Waals surface area contributed by atoms with Gasteiger partial charge in [0.05, 0.1) is 17.7 Å². The van der Waals surface area contributed by atoms with Gasteiger partial charge in [0.25, 0.3) is 0 Å². The van der Waals surface area contributed by atoms with Crippen LogP contribution in [0.3, 0.4) is 0 Å². The summed E-state index contributed by atoms with van der Waals surface area (Å²) in [5.41, 5.74) is 0.934. The summed E-state index contributed by atoms with van der Waals surface area (Å²) in [6.45, 7) is 1.59. The third kappa shape index (κ3) is 3.35. The van der Waals surface area contributed by atoms with Crippen molar-refractivity contribution in [1.82, 2.24) is 0 Å². The Kier molecular flexibility index (Phi) is 4.38. The predicted octanol–water partition coefficient (Wildman–Crippen LogP) is 4.31. The molecule has 0 radical (unpaired) electrons. The normalized spacial score (nSPS) is 11.8. The molecule has 3 nitrogen and oxygen atoms in total. The summed E-state index contributed by atoms with van der Waals surface area (Å²) < 4.78 is 19.5. The fraction of sp³-hybridized carbons (Fsp3) is 0.133. The van der Waals surface area contributed by atoms with E-state index in [1.54, 1.807) is 25.1 Å². The van der Waals surface area contributed by atoms with Crippen molar-refractivity contribution in [3.05, 3.63) is 57.8 Å². The number of rotatable bonds is 3. The van der Waals surface area contributed by atoms with Crippen LogP contribution >= 0.6 is 15.9 Å². The highest BCUT2D eigenvalue weighted by molar-refractivity contribution is 9.10. The molecule has 0 bridgehead atoms. The summed E-state index contributed by atoms with van der Waals surface area (Å²) >= 11 is 3.18. The summed E-state index contributed by atoms with van der Waals surface area (Å²) in [6.07, 6.45) is -0.755. The second kappa shape index (κ2) is 6.04. The zero-order valence-corrected chi connectivity index (χ0v) is 12.2. The van der Waals surface area contributed by atoms with E-state index in [-0.39, 0.29) is 5.75 Å². The molecule has 0 saturated carbocycles. The Hall–Kier alpha value is -1.90. The molecule has 0 heterocycles. The van der Waals surface area contributed by atoms with Gasteiger partial charge in [0.1, 0.15) is 17.3 Å². The van der Waals surface area contributed by atoms with Crippen LogP contribution in [0.2, 0.25) is 0 Å². The Labute approximate surface area is 124 Å². The molecule has 1 atom stereocenters. The highest BCUT2D eigenvalue weighted by atomic mass is 79.9. The Morgan fingerprint density at radius 1 is 1.30 bits per heavy atom. The molecule has 0 aliphatic rings. The largest absolute Gasteiger partial charge is 0.457 e. The number of hydrogen-bond donors (Lipinski definition) is 1. The van der Waals surface area contributed by atoms with E-state index in [1.807, 2.05) is 6.07 Å². The van der Waals surface area contributed by atoms with Gasteiger partial charge < -0.3 is 9.84 Å². The van der Waals surface area contributed by atoms with Crippen molar-refractivity contribution in [1.29, 1.82) is 5.26 Å². The Morgan fingerprint density at radius 3 is 2.65 bits per heavy atom. The van der Waals surface area contributed by atoms with Gasteiger partial charge in [0, 0.05) is 16.1 Å². The minimum atomic E-state index is -0.755. The molecule has 0 saturated heterocycles. The van der Waals surface area contributed by atoms with E-state index in [1.165, 1.54) is 18.2 Å². The monoisotopic (exact) mass is 335 g/mol. The molecular formula is C15H11BrFNO2. The van der Waals surface area contributed by atoms with Gasteiger partial charge in [-0.15, -0.1) is 0 Å². The van der Waals surface area contributed by atoms with E-state index in [2.05, 4.69) is 15.9 Å². The Bertz CT molecular complexity index is 660. The molecule has 0 unspecified atom stereocenters. The van der Waals surface area contributed by atoms with Gasteiger partial charge in [-0.1, -0.05) is 22.0 Å². The number of benzene rings is 2. The first kappa shape index (κ1) is 14.5. The number of hydrogen-bond acceptors (Lipinski definition) is 3. The summed E-state index contributed by atoms with van der Waals surface area (Å²) in [7, 11) is 0. The first-order chi connectivity index (χ1) is 9.49. The SMILES string of the molecule is C[C@@H](O)c1ccc(C#N)cc1Oc1cc(F)cc(Br)c1. The lowest BCUT2D eigenvalue weighted by molar-refractivity contribution is 0.195. The van der Waals surface area contributed by atoms with E-state index >= 15 is 0 Å². The van der Waals surface area contributed by atoms with Crippen molar-refractivity contribution >= 4 is 15.9 Å². The van der Waals surface area contributed by atoms with Gasteiger partial charge in [-0.3, -0.25) is 0 Å². The summed E-state index contributed by atoms with van der Waals surface area (Å²) in [5, 5.41) is 18.6. The van der Waals surface area contributed by atoms with Crippen LogP contribution < -0.4 is 4.74 Å². The molecule has 1 N–H and O–H groups in total. The van der Waals surface area contributed by atoms with E-state index in [4.69, 9.17) is 10.00 Å². The van der Waals surface area contributed by atoms with Crippen molar-refractivity contribution < 1.29 is 14.2 Å². The molecule has 2 rings (SSSR count). The van der Waals surface area contributed by atoms with E-state index < -0.39 is 11.9 Å². The first-order valence-electron chi connectivity index (χ1n) is 5.85. The fourth-order valence-corrected chi connectivity index (χ4v) is 2.20. The van der Waals surface area contributed by atoms with Gasteiger partial charge >= 0.3 is 0 Å². The van der Waals surface area contributed by atoms with Crippen molar-refractivity contribution in [3.8, 4) is 17.6 Å². The minimum absolute atomic E-state index is 0.286. The predicted molar refractivity (Wildman–Crippen MR) is 76.0 cm³/mol. The van der Waals surface area contributed by atoms with E-state index in [9.17, 15) is 9.50 Å². The van der Waals surface area contributed by atoms with Gasteiger partial charge in [0.2, 0.25) is 0 Å². The average molecular weight is 336 g/mol. The number of aliphatic hydroxyl groups excluding tert-OH is 1. The van der Waals surface area contributed by atoms with Crippen LogP contribution in [-0.4, -0.2) is 5.11 Å². The third-order valence-electron chi connectivity index (χ3n) is 2.66.